The molecule has 2 aliphatic carbocycles. The van der Waals surface area contributed by atoms with Gasteiger partial charge in [-0.25, -0.2) is 19.6 Å². The van der Waals surface area contributed by atoms with E-state index in [9.17, 15) is 9.59 Å². The van der Waals surface area contributed by atoms with Crippen LogP contribution in [0.3, 0.4) is 0 Å². The highest BCUT2D eigenvalue weighted by Gasteiger charge is 2.32. The molecular formula is C38H44N2O4. The number of nitrogens with zero attached hydrogens (tertiary/aromatic N) is 2. The SMILES string of the molecule is CC1=C(C)C(=Cc2nc(-c3ccc(CC4(C)CCCC4)c(C=C4OC(=O)C(C)=C4C)n3)ccc2CC2(C)CCCC2)OC1=O. The van der Waals surface area contributed by atoms with Crippen LogP contribution in [-0.2, 0) is 31.9 Å². The van der Waals surface area contributed by atoms with Crippen LogP contribution >= 0.6 is 0 Å². The molecule has 6 nitrogen and oxygen atoms in total. The van der Waals surface area contributed by atoms with Crippen molar-refractivity contribution >= 4 is 24.1 Å². The zero-order chi connectivity index (χ0) is 31.2. The quantitative estimate of drug-likeness (QED) is 0.299. The molecular weight excluding hydrogens is 548 g/mol. The van der Waals surface area contributed by atoms with Crippen molar-refractivity contribution < 1.29 is 19.1 Å². The van der Waals surface area contributed by atoms with Gasteiger partial charge in [0.1, 0.15) is 11.5 Å². The highest BCUT2D eigenvalue weighted by molar-refractivity contribution is 5.95. The Kier molecular flexibility index (Phi) is 7.98. The summed E-state index contributed by atoms with van der Waals surface area (Å²) >= 11 is 0. The molecule has 4 aliphatic rings. The lowest BCUT2D eigenvalue weighted by molar-refractivity contribution is -0.133. The molecule has 0 spiro atoms. The molecule has 44 heavy (non-hydrogen) atoms. The number of allylic oxidation sites excluding steroid dienone is 2. The Morgan fingerprint density at radius 1 is 0.614 bits per heavy atom. The third-order valence-electron chi connectivity index (χ3n) is 10.6. The van der Waals surface area contributed by atoms with Crippen molar-refractivity contribution in [2.24, 2.45) is 10.8 Å². The molecule has 0 unspecified atom stereocenters. The van der Waals surface area contributed by atoms with Gasteiger partial charge in [-0.1, -0.05) is 51.7 Å². The Bertz CT molecular complexity index is 1540. The van der Waals surface area contributed by atoms with E-state index in [0.717, 1.165) is 57.9 Å². The highest BCUT2D eigenvalue weighted by atomic mass is 16.5. The monoisotopic (exact) mass is 592 g/mol. The van der Waals surface area contributed by atoms with E-state index in [4.69, 9.17) is 19.4 Å². The molecule has 2 aromatic heterocycles. The molecule has 0 atom stereocenters. The van der Waals surface area contributed by atoms with Gasteiger partial charge in [-0.2, -0.15) is 0 Å². The first-order chi connectivity index (χ1) is 20.9. The summed E-state index contributed by atoms with van der Waals surface area (Å²) in [5, 5.41) is 0. The average Bonchev–Trinajstić information content (AvgIpc) is 3.74. The minimum atomic E-state index is -0.299. The number of carbonyl (C=O) groups is 2. The molecule has 0 saturated heterocycles. The minimum absolute atomic E-state index is 0.238. The van der Waals surface area contributed by atoms with Gasteiger partial charge < -0.3 is 9.47 Å². The number of rotatable bonds is 7. The molecule has 6 rings (SSSR count). The van der Waals surface area contributed by atoms with Crippen LogP contribution in [0, 0.1) is 10.8 Å². The summed E-state index contributed by atoms with van der Waals surface area (Å²) in [7, 11) is 0. The number of cyclic esters (lactones) is 2. The Morgan fingerprint density at radius 3 is 1.30 bits per heavy atom. The number of esters is 2. The van der Waals surface area contributed by atoms with Gasteiger partial charge in [0.05, 0.1) is 22.8 Å². The maximum atomic E-state index is 12.3. The van der Waals surface area contributed by atoms with Gasteiger partial charge in [-0.05, 0) is 100 Å². The van der Waals surface area contributed by atoms with Crippen LogP contribution in [0.5, 0.6) is 0 Å². The van der Waals surface area contributed by atoms with E-state index in [1.54, 1.807) is 13.8 Å². The smallest absolute Gasteiger partial charge is 0.339 e. The van der Waals surface area contributed by atoms with Crippen molar-refractivity contribution in [3.8, 4) is 11.4 Å². The standard InChI is InChI=1S/C38H44N2O4/c1-23-25(3)35(41)43-33(23)19-31-27(21-37(5)15-7-8-16-37)11-13-29(39-31)30-14-12-28(22-38(6)17-9-10-18-38)32(40-30)20-34-24(2)26(4)36(42)44-34/h11-14,19-20H,7-10,15-18,21-22H2,1-6H3. The second-order valence-corrected chi connectivity index (χ2v) is 14.2. The number of aromatic nitrogens is 2. The van der Waals surface area contributed by atoms with Crippen molar-refractivity contribution in [2.75, 3.05) is 0 Å². The lowest BCUT2D eigenvalue weighted by atomic mass is 9.81. The van der Waals surface area contributed by atoms with E-state index < -0.39 is 0 Å². The summed E-state index contributed by atoms with van der Waals surface area (Å²) in [4.78, 5) is 34.9. The zero-order valence-corrected chi connectivity index (χ0v) is 27.1. The average molecular weight is 593 g/mol. The number of pyridine rings is 2. The van der Waals surface area contributed by atoms with E-state index in [1.807, 2.05) is 26.0 Å². The summed E-state index contributed by atoms with van der Waals surface area (Å²) in [6.45, 7) is 12.2. The second kappa shape index (κ2) is 11.6. The topological polar surface area (TPSA) is 78.4 Å². The number of hydrogen-bond acceptors (Lipinski definition) is 6. The van der Waals surface area contributed by atoms with Crippen LogP contribution in [0.2, 0.25) is 0 Å². The Labute approximate surface area is 261 Å². The first-order valence-electron chi connectivity index (χ1n) is 16.2. The summed E-state index contributed by atoms with van der Waals surface area (Å²) in [5.74, 6) is 0.531. The summed E-state index contributed by atoms with van der Waals surface area (Å²) in [6, 6.07) is 8.46. The number of carbonyl (C=O) groups excluding carboxylic acids is 2. The first kappa shape index (κ1) is 30.2. The van der Waals surface area contributed by atoms with Crippen molar-refractivity contribution in [3.63, 3.8) is 0 Å². The molecule has 0 radical (unpaired) electrons. The van der Waals surface area contributed by atoms with Crippen molar-refractivity contribution in [2.45, 2.75) is 106 Å². The van der Waals surface area contributed by atoms with Gasteiger partial charge in [-0.3, -0.25) is 0 Å². The Hall–Kier alpha value is -3.80. The van der Waals surface area contributed by atoms with Crippen LogP contribution in [0.25, 0.3) is 23.5 Å². The predicted molar refractivity (Wildman–Crippen MR) is 173 cm³/mol. The molecule has 2 aromatic rings. The first-order valence-corrected chi connectivity index (χ1v) is 16.2. The normalized spacial score (nSPS) is 23.0. The molecule has 2 fully saturated rings. The number of ether oxygens (including phenoxy) is 2. The van der Waals surface area contributed by atoms with E-state index in [2.05, 4.69) is 38.1 Å². The fraction of sp³-hybridized carbons (Fsp3) is 0.474. The highest BCUT2D eigenvalue weighted by Crippen LogP contribution is 2.43. The molecule has 0 bridgehead atoms. The van der Waals surface area contributed by atoms with Gasteiger partial charge >= 0.3 is 11.9 Å². The molecule has 230 valence electrons. The van der Waals surface area contributed by atoms with Gasteiger partial charge in [0.25, 0.3) is 0 Å². The predicted octanol–water partition coefficient (Wildman–Crippen LogP) is 8.86. The lowest BCUT2D eigenvalue weighted by Crippen LogP contribution is -2.16. The van der Waals surface area contributed by atoms with Gasteiger partial charge in [0, 0.05) is 34.4 Å². The lowest BCUT2D eigenvalue weighted by Gasteiger charge is -2.25. The largest absolute Gasteiger partial charge is 0.423 e. The summed E-state index contributed by atoms with van der Waals surface area (Å²) < 4.78 is 11.3. The third-order valence-corrected chi connectivity index (χ3v) is 10.6. The van der Waals surface area contributed by atoms with Crippen molar-refractivity contribution in [3.05, 3.63) is 80.6 Å². The molecule has 4 heterocycles. The van der Waals surface area contributed by atoms with Crippen LogP contribution in [0.4, 0.5) is 0 Å². The fourth-order valence-electron chi connectivity index (χ4n) is 7.28. The van der Waals surface area contributed by atoms with Crippen molar-refractivity contribution in [1.82, 2.24) is 9.97 Å². The third kappa shape index (κ3) is 5.96. The van der Waals surface area contributed by atoms with Crippen molar-refractivity contribution in [1.29, 1.82) is 0 Å². The summed E-state index contributed by atoms with van der Waals surface area (Å²) in [5.41, 5.74) is 8.89. The van der Waals surface area contributed by atoms with Crippen LogP contribution in [0.15, 0.2) is 58.1 Å². The van der Waals surface area contributed by atoms with Gasteiger partial charge in [-0.15, -0.1) is 0 Å². The van der Waals surface area contributed by atoms with Crippen LogP contribution in [-0.4, -0.2) is 21.9 Å². The zero-order valence-electron chi connectivity index (χ0n) is 27.1. The second-order valence-electron chi connectivity index (χ2n) is 14.2. The molecule has 0 amide bonds. The Morgan fingerprint density at radius 2 is 0.977 bits per heavy atom. The van der Waals surface area contributed by atoms with Crippen LogP contribution < -0.4 is 0 Å². The maximum Gasteiger partial charge on any atom is 0.339 e. The van der Waals surface area contributed by atoms with E-state index >= 15 is 0 Å². The van der Waals surface area contributed by atoms with E-state index in [1.165, 1.54) is 51.4 Å². The Balaban J connectivity index is 1.43. The maximum absolute atomic E-state index is 12.3. The number of hydrogen-bond donors (Lipinski definition) is 0. The van der Waals surface area contributed by atoms with Crippen LogP contribution in [0.1, 0.15) is 115 Å². The molecule has 0 aromatic carbocycles. The molecule has 2 saturated carbocycles. The van der Waals surface area contributed by atoms with Gasteiger partial charge in [0.2, 0.25) is 0 Å². The van der Waals surface area contributed by atoms with E-state index in [-0.39, 0.29) is 22.8 Å². The summed E-state index contributed by atoms with van der Waals surface area (Å²) in [6.07, 6.45) is 15.5. The molecule has 6 heteroatoms. The fourth-order valence-corrected chi connectivity index (χ4v) is 7.28. The van der Waals surface area contributed by atoms with E-state index in [0.29, 0.717) is 22.7 Å². The molecule has 2 aliphatic heterocycles. The minimum Gasteiger partial charge on any atom is -0.423 e. The molecule has 0 N–H and O–H groups in total. The van der Waals surface area contributed by atoms with Gasteiger partial charge in [0.15, 0.2) is 0 Å².